The lowest BCUT2D eigenvalue weighted by Crippen LogP contribution is -2.33. The van der Waals surface area contributed by atoms with Crippen LogP contribution in [0.4, 0.5) is 0 Å². The fourth-order valence-corrected chi connectivity index (χ4v) is 1.48. The first-order chi connectivity index (χ1) is 7.04. The molecule has 0 bridgehead atoms. The Morgan fingerprint density at radius 3 is 2.56 bits per heavy atom. The van der Waals surface area contributed by atoms with Gasteiger partial charge in [-0.1, -0.05) is 29.3 Å². The standard InChI is InChI=1S/C10H11Cl2NO2.ClH/c1-15-10(14)9(13)5-6-2-3-7(11)8(12)4-6;/h2-4,9H,5,13H2,1H3;1H/t9-;/m0./s1. The number of halogens is 3. The summed E-state index contributed by atoms with van der Waals surface area (Å²) >= 11 is 11.6. The van der Waals surface area contributed by atoms with Crippen LogP contribution < -0.4 is 5.73 Å². The van der Waals surface area contributed by atoms with E-state index in [2.05, 4.69) is 4.74 Å². The fourth-order valence-electron chi connectivity index (χ4n) is 1.16. The number of esters is 1. The van der Waals surface area contributed by atoms with Crippen LogP contribution in [0.15, 0.2) is 18.2 Å². The van der Waals surface area contributed by atoms with Gasteiger partial charge in [0.25, 0.3) is 0 Å². The van der Waals surface area contributed by atoms with Gasteiger partial charge < -0.3 is 10.5 Å². The molecule has 0 spiro atoms. The molecule has 0 amide bonds. The van der Waals surface area contributed by atoms with Gasteiger partial charge in [-0.25, -0.2) is 0 Å². The molecule has 2 N–H and O–H groups in total. The molecule has 0 saturated heterocycles. The number of benzene rings is 1. The topological polar surface area (TPSA) is 52.3 Å². The summed E-state index contributed by atoms with van der Waals surface area (Å²) in [5, 5.41) is 0.929. The molecule has 0 aliphatic rings. The first-order valence-electron chi connectivity index (χ1n) is 4.32. The average Bonchev–Trinajstić information content (AvgIpc) is 2.22. The van der Waals surface area contributed by atoms with E-state index in [0.29, 0.717) is 16.5 Å². The van der Waals surface area contributed by atoms with Gasteiger partial charge in [0, 0.05) is 0 Å². The Morgan fingerprint density at radius 1 is 1.44 bits per heavy atom. The van der Waals surface area contributed by atoms with Gasteiger partial charge in [0.1, 0.15) is 6.04 Å². The van der Waals surface area contributed by atoms with Gasteiger partial charge in [0.2, 0.25) is 0 Å². The van der Waals surface area contributed by atoms with E-state index < -0.39 is 12.0 Å². The molecule has 0 heterocycles. The second-order valence-corrected chi connectivity index (χ2v) is 3.90. The minimum absolute atomic E-state index is 0. The molecule has 0 fully saturated rings. The number of methoxy groups -OCH3 is 1. The molecule has 0 radical (unpaired) electrons. The van der Waals surface area contributed by atoms with Crippen LogP contribution in [-0.4, -0.2) is 19.1 Å². The van der Waals surface area contributed by atoms with Crippen LogP contribution in [0.1, 0.15) is 5.56 Å². The molecule has 90 valence electrons. The molecule has 0 saturated carbocycles. The van der Waals surface area contributed by atoms with Crippen LogP contribution in [0.25, 0.3) is 0 Å². The van der Waals surface area contributed by atoms with E-state index >= 15 is 0 Å². The summed E-state index contributed by atoms with van der Waals surface area (Å²) in [6, 6.07) is 4.46. The Morgan fingerprint density at radius 2 is 2.06 bits per heavy atom. The van der Waals surface area contributed by atoms with Crippen molar-refractivity contribution in [1.29, 1.82) is 0 Å². The van der Waals surface area contributed by atoms with E-state index in [0.717, 1.165) is 5.56 Å². The van der Waals surface area contributed by atoms with Crippen molar-refractivity contribution in [2.75, 3.05) is 7.11 Å². The molecule has 0 unspecified atom stereocenters. The summed E-state index contributed by atoms with van der Waals surface area (Å²) < 4.78 is 4.52. The van der Waals surface area contributed by atoms with Gasteiger partial charge in [-0.2, -0.15) is 0 Å². The largest absolute Gasteiger partial charge is 0.468 e. The second-order valence-electron chi connectivity index (χ2n) is 3.08. The van der Waals surface area contributed by atoms with Crippen molar-refractivity contribution >= 4 is 41.6 Å². The van der Waals surface area contributed by atoms with E-state index in [-0.39, 0.29) is 12.4 Å². The summed E-state index contributed by atoms with van der Waals surface area (Å²) in [4.78, 5) is 11.1. The Hall–Kier alpha value is -0.480. The molecule has 0 aromatic heterocycles. The number of ether oxygens (including phenoxy) is 1. The molecule has 6 heteroatoms. The monoisotopic (exact) mass is 283 g/mol. The zero-order valence-electron chi connectivity index (χ0n) is 8.57. The molecule has 0 aliphatic carbocycles. The molecule has 1 aromatic rings. The smallest absolute Gasteiger partial charge is 0.322 e. The summed E-state index contributed by atoms with van der Waals surface area (Å²) in [7, 11) is 1.30. The van der Waals surface area contributed by atoms with Crippen molar-refractivity contribution in [3.05, 3.63) is 33.8 Å². The van der Waals surface area contributed by atoms with Crippen molar-refractivity contribution in [1.82, 2.24) is 0 Å². The Bertz CT molecular complexity index is 371. The molecular formula is C10H12Cl3NO2. The van der Waals surface area contributed by atoms with Crippen molar-refractivity contribution in [3.8, 4) is 0 Å². The third-order valence-corrected chi connectivity index (χ3v) is 2.68. The van der Waals surface area contributed by atoms with Gasteiger partial charge in [-0.3, -0.25) is 4.79 Å². The maximum Gasteiger partial charge on any atom is 0.322 e. The van der Waals surface area contributed by atoms with E-state index in [4.69, 9.17) is 28.9 Å². The van der Waals surface area contributed by atoms with Crippen molar-refractivity contribution < 1.29 is 9.53 Å². The van der Waals surface area contributed by atoms with Crippen LogP contribution in [0.2, 0.25) is 10.0 Å². The van der Waals surface area contributed by atoms with Gasteiger partial charge >= 0.3 is 5.97 Å². The highest BCUT2D eigenvalue weighted by atomic mass is 35.5. The van der Waals surface area contributed by atoms with E-state index in [1.807, 2.05) is 0 Å². The quantitative estimate of drug-likeness (QED) is 0.868. The van der Waals surface area contributed by atoms with Crippen LogP contribution in [0, 0.1) is 0 Å². The van der Waals surface area contributed by atoms with Crippen LogP contribution >= 0.6 is 35.6 Å². The number of carbonyl (C=O) groups excluding carboxylic acids is 1. The highest BCUT2D eigenvalue weighted by Crippen LogP contribution is 2.23. The predicted molar refractivity (Wildman–Crippen MR) is 67.4 cm³/mol. The summed E-state index contributed by atoms with van der Waals surface area (Å²) in [6.07, 6.45) is 0.379. The van der Waals surface area contributed by atoms with Gasteiger partial charge in [-0.15, -0.1) is 12.4 Å². The summed E-state index contributed by atoms with van der Waals surface area (Å²) in [6.45, 7) is 0. The number of rotatable bonds is 3. The first kappa shape index (κ1) is 15.5. The van der Waals surface area contributed by atoms with Crippen LogP contribution in [-0.2, 0) is 16.0 Å². The zero-order valence-corrected chi connectivity index (χ0v) is 10.9. The van der Waals surface area contributed by atoms with Gasteiger partial charge in [0.15, 0.2) is 0 Å². The fraction of sp³-hybridized carbons (Fsp3) is 0.300. The second kappa shape index (κ2) is 6.97. The van der Waals surface area contributed by atoms with Crippen molar-refractivity contribution in [2.45, 2.75) is 12.5 Å². The molecule has 1 rings (SSSR count). The zero-order chi connectivity index (χ0) is 11.4. The lowest BCUT2D eigenvalue weighted by Gasteiger charge is -2.09. The van der Waals surface area contributed by atoms with Crippen molar-refractivity contribution in [2.24, 2.45) is 5.73 Å². The number of hydrogen-bond acceptors (Lipinski definition) is 3. The Balaban J connectivity index is 0.00000225. The highest BCUT2D eigenvalue weighted by Gasteiger charge is 2.14. The maximum atomic E-state index is 11.1. The normalized spacial score (nSPS) is 11.5. The van der Waals surface area contributed by atoms with E-state index in [9.17, 15) is 4.79 Å². The third kappa shape index (κ3) is 4.18. The minimum Gasteiger partial charge on any atom is -0.468 e. The third-order valence-electron chi connectivity index (χ3n) is 1.94. The first-order valence-corrected chi connectivity index (χ1v) is 5.07. The number of hydrogen-bond donors (Lipinski definition) is 1. The number of nitrogens with two attached hydrogens (primary N) is 1. The minimum atomic E-state index is -0.674. The lowest BCUT2D eigenvalue weighted by molar-refractivity contribution is -0.142. The average molecular weight is 285 g/mol. The maximum absolute atomic E-state index is 11.1. The summed E-state index contributed by atoms with van der Waals surface area (Å²) in [5.74, 6) is -0.443. The molecule has 16 heavy (non-hydrogen) atoms. The lowest BCUT2D eigenvalue weighted by atomic mass is 10.1. The van der Waals surface area contributed by atoms with Crippen molar-refractivity contribution in [3.63, 3.8) is 0 Å². The van der Waals surface area contributed by atoms with E-state index in [1.54, 1.807) is 18.2 Å². The summed E-state index contributed by atoms with van der Waals surface area (Å²) in [5.41, 5.74) is 6.45. The molecule has 1 atom stereocenters. The highest BCUT2D eigenvalue weighted by molar-refractivity contribution is 6.42. The molecule has 3 nitrogen and oxygen atoms in total. The van der Waals surface area contributed by atoms with Crippen LogP contribution in [0.5, 0.6) is 0 Å². The molecule has 0 aliphatic heterocycles. The Labute approximate surface area is 110 Å². The van der Waals surface area contributed by atoms with E-state index in [1.165, 1.54) is 7.11 Å². The van der Waals surface area contributed by atoms with Crippen LogP contribution in [0.3, 0.4) is 0 Å². The Kier molecular flexibility index (Phi) is 6.76. The number of carbonyl (C=O) groups is 1. The van der Waals surface area contributed by atoms with Gasteiger partial charge in [0.05, 0.1) is 17.2 Å². The predicted octanol–water partition coefficient (Wildman–Crippen LogP) is 2.46. The SMILES string of the molecule is COC(=O)[C@@H](N)Cc1ccc(Cl)c(Cl)c1.Cl. The molecule has 1 aromatic carbocycles. The van der Waals surface area contributed by atoms with Gasteiger partial charge in [-0.05, 0) is 24.1 Å². The molecular weight excluding hydrogens is 272 g/mol.